The first-order valence-electron chi connectivity index (χ1n) is 7.23. The predicted octanol–water partition coefficient (Wildman–Crippen LogP) is 2.84. The van der Waals surface area contributed by atoms with Gasteiger partial charge in [0.15, 0.2) is 0 Å². The van der Waals surface area contributed by atoms with Gasteiger partial charge in [0.05, 0.1) is 11.8 Å². The average Bonchev–Trinajstić information content (AvgIpc) is 2.96. The number of nitrogens with zero attached hydrogens (tertiary/aromatic N) is 3. The first-order valence-corrected chi connectivity index (χ1v) is 7.61. The Labute approximate surface area is 124 Å². The van der Waals surface area contributed by atoms with Crippen molar-refractivity contribution in [2.75, 3.05) is 31.1 Å². The Hall–Kier alpha value is -1.26. The number of hydrogen-bond acceptors (Lipinski definition) is 4. The van der Waals surface area contributed by atoms with Crippen LogP contribution in [0.5, 0.6) is 0 Å². The molecule has 5 heteroatoms. The van der Waals surface area contributed by atoms with Gasteiger partial charge in [-0.15, -0.1) is 0 Å². The second-order valence-electron chi connectivity index (χ2n) is 5.50. The highest BCUT2D eigenvalue weighted by Gasteiger charge is 2.31. The monoisotopic (exact) mass is 293 g/mol. The topological polar surface area (TPSA) is 39.1 Å². The van der Waals surface area contributed by atoms with Crippen molar-refractivity contribution in [3.05, 3.63) is 29.3 Å². The zero-order chi connectivity index (χ0) is 13.9. The van der Waals surface area contributed by atoms with Gasteiger partial charge in [0.1, 0.15) is 0 Å². The van der Waals surface area contributed by atoms with Crippen molar-refractivity contribution in [3.8, 4) is 0 Å². The molecule has 1 saturated heterocycles. The first-order chi connectivity index (χ1) is 9.78. The second-order valence-corrected chi connectivity index (χ2v) is 5.94. The molecule has 2 aliphatic rings. The van der Waals surface area contributed by atoms with Crippen LogP contribution in [0, 0.1) is 0 Å². The molecular formula is C15H20ClN3O. The maximum absolute atomic E-state index is 9.06. The van der Waals surface area contributed by atoms with Crippen molar-refractivity contribution >= 4 is 23.0 Å². The maximum Gasteiger partial charge on any atom is 0.0742 e. The summed E-state index contributed by atoms with van der Waals surface area (Å²) in [7, 11) is 0. The minimum absolute atomic E-state index is 0.349. The molecule has 108 valence electrons. The van der Waals surface area contributed by atoms with Gasteiger partial charge in [-0.1, -0.05) is 22.8 Å². The molecule has 1 saturated carbocycles. The first kappa shape index (κ1) is 13.7. The fourth-order valence-electron chi connectivity index (χ4n) is 3.28. The molecule has 0 spiro atoms. The van der Waals surface area contributed by atoms with E-state index in [0.29, 0.717) is 6.04 Å². The third-order valence-corrected chi connectivity index (χ3v) is 4.59. The highest BCUT2D eigenvalue weighted by molar-refractivity contribution is 6.30. The predicted molar refractivity (Wildman–Crippen MR) is 82.1 cm³/mol. The largest absolute Gasteiger partial charge is 0.411 e. The van der Waals surface area contributed by atoms with E-state index in [0.717, 1.165) is 56.2 Å². The lowest BCUT2D eigenvalue weighted by atomic mass is 10.1. The van der Waals surface area contributed by atoms with Crippen molar-refractivity contribution in [2.45, 2.75) is 25.3 Å². The minimum atomic E-state index is 0.349. The lowest BCUT2D eigenvalue weighted by molar-refractivity contribution is 0.221. The van der Waals surface area contributed by atoms with E-state index in [1.54, 1.807) is 0 Å². The molecule has 0 amide bonds. The molecule has 0 bridgehead atoms. The van der Waals surface area contributed by atoms with Crippen LogP contribution in [0.4, 0.5) is 5.69 Å². The smallest absolute Gasteiger partial charge is 0.0742 e. The summed E-state index contributed by atoms with van der Waals surface area (Å²) in [6, 6.07) is 8.38. The Morgan fingerprint density at radius 3 is 2.70 bits per heavy atom. The number of hydrogen-bond donors (Lipinski definition) is 1. The van der Waals surface area contributed by atoms with Crippen LogP contribution in [0.2, 0.25) is 5.02 Å². The molecule has 1 aromatic carbocycles. The van der Waals surface area contributed by atoms with Gasteiger partial charge in [0, 0.05) is 36.9 Å². The number of oxime groups is 1. The van der Waals surface area contributed by atoms with Crippen molar-refractivity contribution in [2.24, 2.45) is 5.16 Å². The van der Waals surface area contributed by atoms with Crippen LogP contribution in [-0.4, -0.2) is 48.0 Å². The van der Waals surface area contributed by atoms with Crippen LogP contribution >= 0.6 is 11.6 Å². The lowest BCUT2D eigenvalue weighted by Crippen LogP contribution is -2.51. The Bertz CT molecular complexity index is 498. The van der Waals surface area contributed by atoms with E-state index in [1.165, 1.54) is 5.69 Å². The van der Waals surface area contributed by atoms with Gasteiger partial charge in [-0.25, -0.2) is 0 Å². The highest BCUT2D eigenvalue weighted by atomic mass is 35.5. The van der Waals surface area contributed by atoms with Crippen LogP contribution in [0.1, 0.15) is 19.3 Å². The van der Waals surface area contributed by atoms with Crippen LogP contribution in [-0.2, 0) is 0 Å². The van der Waals surface area contributed by atoms with Crippen molar-refractivity contribution in [1.82, 2.24) is 4.90 Å². The summed E-state index contributed by atoms with van der Waals surface area (Å²) < 4.78 is 0. The molecule has 1 heterocycles. The fourth-order valence-corrected chi connectivity index (χ4v) is 3.47. The van der Waals surface area contributed by atoms with Crippen LogP contribution in [0.25, 0.3) is 0 Å². The van der Waals surface area contributed by atoms with Gasteiger partial charge in [-0.2, -0.15) is 0 Å². The number of piperazine rings is 1. The molecule has 1 N–H and O–H groups in total. The maximum atomic E-state index is 9.06. The molecule has 20 heavy (non-hydrogen) atoms. The van der Waals surface area contributed by atoms with Crippen molar-refractivity contribution in [3.63, 3.8) is 0 Å². The molecule has 0 radical (unpaired) electrons. The Morgan fingerprint density at radius 1 is 1.20 bits per heavy atom. The average molecular weight is 294 g/mol. The van der Waals surface area contributed by atoms with E-state index in [2.05, 4.69) is 21.0 Å². The van der Waals surface area contributed by atoms with Gasteiger partial charge in [-0.3, -0.25) is 4.90 Å². The fraction of sp³-hybridized carbons (Fsp3) is 0.533. The van der Waals surface area contributed by atoms with Gasteiger partial charge < -0.3 is 10.1 Å². The quantitative estimate of drug-likeness (QED) is 0.673. The molecular weight excluding hydrogens is 274 g/mol. The van der Waals surface area contributed by atoms with Gasteiger partial charge in [-0.05, 0) is 37.5 Å². The molecule has 1 aromatic rings. The van der Waals surface area contributed by atoms with E-state index in [9.17, 15) is 0 Å². The molecule has 2 fully saturated rings. The van der Waals surface area contributed by atoms with Crippen LogP contribution in [0.15, 0.2) is 29.4 Å². The Kier molecular flexibility index (Phi) is 4.13. The molecule has 1 aliphatic carbocycles. The third kappa shape index (κ3) is 2.76. The van der Waals surface area contributed by atoms with E-state index in [-0.39, 0.29) is 0 Å². The summed E-state index contributed by atoms with van der Waals surface area (Å²) in [5.41, 5.74) is 2.15. The van der Waals surface area contributed by atoms with Gasteiger partial charge in [0.2, 0.25) is 0 Å². The van der Waals surface area contributed by atoms with Crippen LogP contribution < -0.4 is 4.90 Å². The standard InChI is InChI=1S/C15H20ClN3O/c16-12-3-1-4-13(11-12)18-7-9-19(10-8-18)15-6-2-5-14(15)17-20/h1,3-4,11,15,20H,2,5-10H2/b17-14+/t15-/m0/s1. The summed E-state index contributed by atoms with van der Waals surface area (Å²) in [6.07, 6.45) is 3.20. The summed E-state index contributed by atoms with van der Waals surface area (Å²) in [6.45, 7) is 4.01. The molecule has 1 atom stereocenters. The number of anilines is 1. The van der Waals surface area contributed by atoms with E-state index < -0.39 is 0 Å². The minimum Gasteiger partial charge on any atom is -0.411 e. The molecule has 3 rings (SSSR count). The van der Waals surface area contributed by atoms with Crippen LogP contribution in [0.3, 0.4) is 0 Å². The molecule has 0 unspecified atom stereocenters. The Morgan fingerprint density at radius 2 is 2.00 bits per heavy atom. The summed E-state index contributed by atoms with van der Waals surface area (Å²) in [5, 5.41) is 13.3. The lowest BCUT2D eigenvalue weighted by Gasteiger charge is -2.39. The molecule has 4 nitrogen and oxygen atoms in total. The van der Waals surface area contributed by atoms with E-state index in [4.69, 9.17) is 16.8 Å². The van der Waals surface area contributed by atoms with Gasteiger partial charge >= 0.3 is 0 Å². The Balaban J connectivity index is 1.62. The zero-order valence-electron chi connectivity index (χ0n) is 11.5. The number of halogens is 1. The van der Waals surface area contributed by atoms with Crippen molar-refractivity contribution in [1.29, 1.82) is 0 Å². The van der Waals surface area contributed by atoms with Crippen molar-refractivity contribution < 1.29 is 5.21 Å². The third-order valence-electron chi connectivity index (χ3n) is 4.35. The molecule has 0 aromatic heterocycles. The molecule has 1 aliphatic heterocycles. The zero-order valence-corrected chi connectivity index (χ0v) is 12.3. The van der Waals surface area contributed by atoms with Gasteiger partial charge in [0.25, 0.3) is 0 Å². The SMILES string of the molecule is O/N=C1\CCC[C@@H]1N1CCN(c2cccc(Cl)c2)CC1. The second kappa shape index (κ2) is 6.02. The summed E-state index contributed by atoms with van der Waals surface area (Å²) in [4.78, 5) is 4.82. The number of benzene rings is 1. The summed E-state index contributed by atoms with van der Waals surface area (Å²) >= 11 is 6.05. The van der Waals surface area contributed by atoms with E-state index >= 15 is 0 Å². The highest BCUT2D eigenvalue weighted by Crippen LogP contribution is 2.25. The van der Waals surface area contributed by atoms with E-state index in [1.807, 2.05) is 18.2 Å². The number of rotatable bonds is 2. The summed E-state index contributed by atoms with van der Waals surface area (Å²) in [5.74, 6) is 0. The normalized spacial score (nSPS) is 26.4.